The lowest BCUT2D eigenvalue weighted by Crippen LogP contribution is -2.34. The molecule has 0 unspecified atom stereocenters. The quantitative estimate of drug-likeness (QED) is 0.506. The second kappa shape index (κ2) is 5.86. The monoisotopic (exact) mass is 185 g/mol. The van der Waals surface area contributed by atoms with Crippen molar-refractivity contribution >= 4 is 0 Å². The maximum atomic E-state index is 5.80. The van der Waals surface area contributed by atoms with Gasteiger partial charge in [-0.3, -0.25) is 0 Å². The molecule has 0 aromatic heterocycles. The number of allylic oxidation sites excluding steroid dienone is 1. The van der Waals surface area contributed by atoms with Gasteiger partial charge in [0.1, 0.15) is 0 Å². The number of nitrogens with one attached hydrogen (secondary N) is 1. The standard InChI is InChI=1S/C10H23N3/c1-6-12-10(8(2)3)7-13(11)9(4)5/h7-9,12H,6,11H2,1-5H3/b10-7-. The fourth-order valence-electron chi connectivity index (χ4n) is 0.913. The van der Waals surface area contributed by atoms with Crippen LogP contribution in [0.4, 0.5) is 0 Å². The lowest BCUT2D eigenvalue weighted by Gasteiger charge is -2.22. The van der Waals surface area contributed by atoms with Crippen LogP contribution in [0.25, 0.3) is 0 Å². The van der Waals surface area contributed by atoms with Gasteiger partial charge in [0.2, 0.25) is 0 Å². The van der Waals surface area contributed by atoms with E-state index in [2.05, 4.69) is 39.9 Å². The Kier molecular flexibility index (Phi) is 5.55. The highest BCUT2D eigenvalue weighted by Crippen LogP contribution is 2.06. The predicted octanol–water partition coefficient (Wildman–Crippen LogP) is 1.68. The second-order valence-electron chi connectivity index (χ2n) is 3.81. The SMILES string of the molecule is CCN/C(=C\N(N)C(C)C)C(C)C. The van der Waals surface area contributed by atoms with Gasteiger partial charge in [0.05, 0.1) is 0 Å². The summed E-state index contributed by atoms with van der Waals surface area (Å²) in [6.07, 6.45) is 1.98. The second-order valence-corrected chi connectivity index (χ2v) is 3.81. The predicted molar refractivity (Wildman–Crippen MR) is 57.8 cm³/mol. The topological polar surface area (TPSA) is 41.3 Å². The molecule has 13 heavy (non-hydrogen) atoms. The van der Waals surface area contributed by atoms with Crippen LogP contribution in [-0.4, -0.2) is 17.6 Å². The first-order valence-electron chi connectivity index (χ1n) is 4.97. The summed E-state index contributed by atoms with van der Waals surface area (Å²) in [5.41, 5.74) is 1.19. The van der Waals surface area contributed by atoms with E-state index in [0.29, 0.717) is 12.0 Å². The van der Waals surface area contributed by atoms with Crippen molar-refractivity contribution in [3.05, 3.63) is 11.9 Å². The number of hydrogen-bond donors (Lipinski definition) is 2. The Morgan fingerprint density at radius 3 is 2.23 bits per heavy atom. The first kappa shape index (κ1) is 12.3. The van der Waals surface area contributed by atoms with E-state index in [0.717, 1.165) is 6.54 Å². The van der Waals surface area contributed by atoms with Crippen LogP contribution in [0.1, 0.15) is 34.6 Å². The van der Waals surface area contributed by atoms with Gasteiger partial charge in [-0.15, -0.1) is 0 Å². The van der Waals surface area contributed by atoms with Gasteiger partial charge in [0, 0.05) is 24.5 Å². The highest BCUT2D eigenvalue weighted by Gasteiger charge is 2.05. The maximum Gasteiger partial charge on any atom is 0.0390 e. The van der Waals surface area contributed by atoms with Gasteiger partial charge < -0.3 is 10.3 Å². The Balaban J connectivity index is 4.33. The molecule has 0 bridgehead atoms. The summed E-state index contributed by atoms with van der Waals surface area (Å²) in [5, 5.41) is 5.04. The lowest BCUT2D eigenvalue weighted by molar-refractivity contribution is 0.315. The third-order valence-corrected chi connectivity index (χ3v) is 1.89. The van der Waals surface area contributed by atoms with Gasteiger partial charge in [-0.25, -0.2) is 5.84 Å². The summed E-state index contributed by atoms with van der Waals surface area (Å²) in [4.78, 5) is 0. The van der Waals surface area contributed by atoms with Gasteiger partial charge >= 0.3 is 0 Å². The molecule has 0 aromatic carbocycles. The van der Waals surface area contributed by atoms with Crippen LogP contribution in [0.15, 0.2) is 11.9 Å². The summed E-state index contributed by atoms with van der Waals surface area (Å²) < 4.78 is 0. The van der Waals surface area contributed by atoms with E-state index in [9.17, 15) is 0 Å². The number of hydrazine groups is 1. The minimum Gasteiger partial charge on any atom is -0.387 e. The molecule has 0 aliphatic heterocycles. The molecule has 0 aliphatic rings. The Morgan fingerprint density at radius 1 is 1.38 bits per heavy atom. The molecule has 3 heteroatoms. The molecule has 0 heterocycles. The van der Waals surface area contributed by atoms with Crippen LogP contribution >= 0.6 is 0 Å². The van der Waals surface area contributed by atoms with Crippen molar-refractivity contribution < 1.29 is 0 Å². The summed E-state index contributed by atoms with van der Waals surface area (Å²) >= 11 is 0. The van der Waals surface area contributed by atoms with Crippen LogP contribution in [0.5, 0.6) is 0 Å². The van der Waals surface area contributed by atoms with Crippen molar-refractivity contribution in [2.24, 2.45) is 11.8 Å². The van der Waals surface area contributed by atoms with Crippen molar-refractivity contribution in [1.29, 1.82) is 0 Å². The molecular weight excluding hydrogens is 162 g/mol. The van der Waals surface area contributed by atoms with Crippen LogP contribution in [0.2, 0.25) is 0 Å². The third-order valence-electron chi connectivity index (χ3n) is 1.89. The van der Waals surface area contributed by atoms with Crippen LogP contribution in [0, 0.1) is 5.92 Å². The number of hydrogen-bond acceptors (Lipinski definition) is 3. The number of nitrogens with zero attached hydrogens (tertiary/aromatic N) is 1. The molecule has 0 saturated carbocycles. The van der Waals surface area contributed by atoms with E-state index in [1.165, 1.54) is 5.70 Å². The average Bonchev–Trinajstić information content (AvgIpc) is 2.03. The molecule has 0 fully saturated rings. The number of rotatable bonds is 5. The molecular formula is C10H23N3. The molecule has 3 N–H and O–H groups in total. The normalized spacial score (nSPS) is 12.5. The zero-order chi connectivity index (χ0) is 10.4. The summed E-state index contributed by atoms with van der Waals surface area (Å²) in [7, 11) is 0. The molecule has 78 valence electrons. The molecule has 0 saturated heterocycles. The Bertz CT molecular complexity index is 162. The lowest BCUT2D eigenvalue weighted by atomic mass is 10.1. The van der Waals surface area contributed by atoms with Crippen LogP contribution < -0.4 is 11.2 Å². The Morgan fingerprint density at radius 2 is 1.92 bits per heavy atom. The first-order valence-corrected chi connectivity index (χ1v) is 4.97. The van der Waals surface area contributed by atoms with Crippen LogP contribution in [0.3, 0.4) is 0 Å². The smallest absolute Gasteiger partial charge is 0.0390 e. The zero-order valence-corrected chi connectivity index (χ0v) is 9.46. The molecule has 0 amide bonds. The Hall–Kier alpha value is -0.700. The fourth-order valence-corrected chi connectivity index (χ4v) is 0.913. The third kappa shape index (κ3) is 4.78. The molecule has 0 spiro atoms. The average molecular weight is 185 g/mol. The fraction of sp³-hybridized carbons (Fsp3) is 0.800. The van der Waals surface area contributed by atoms with Crippen molar-refractivity contribution in [2.75, 3.05) is 6.54 Å². The first-order chi connectivity index (χ1) is 5.99. The van der Waals surface area contributed by atoms with Gasteiger partial charge in [0.15, 0.2) is 0 Å². The summed E-state index contributed by atoms with van der Waals surface area (Å²) in [5.74, 6) is 6.29. The van der Waals surface area contributed by atoms with E-state index in [1.807, 2.05) is 6.20 Å². The highest BCUT2D eigenvalue weighted by molar-refractivity contribution is 5.01. The van der Waals surface area contributed by atoms with Gasteiger partial charge in [0.25, 0.3) is 0 Å². The molecule has 0 atom stereocenters. The maximum absolute atomic E-state index is 5.80. The molecule has 0 rings (SSSR count). The van der Waals surface area contributed by atoms with Crippen molar-refractivity contribution in [2.45, 2.75) is 40.7 Å². The van der Waals surface area contributed by atoms with Crippen LogP contribution in [-0.2, 0) is 0 Å². The zero-order valence-electron chi connectivity index (χ0n) is 9.46. The minimum absolute atomic E-state index is 0.340. The summed E-state index contributed by atoms with van der Waals surface area (Å²) in [6, 6.07) is 0.340. The van der Waals surface area contributed by atoms with E-state index >= 15 is 0 Å². The van der Waals surface area contributed by atoms with E-state index < -0.39 is 0 Å². The van der Waals surface area contributed by atoms with Crippen molar-refractivity contribution in [3.8, 4) is 0 Å². The Labute approximate surface area is 82.0 Å². The number of nitrogens with two attached hydrogens (primary N) is 1. The largest absolute Gasteiger partial charge is 0.387 e. The minimum atomic E-state index is 0.340. The van der Waals surface area contributed by atoms with E-state index in [4.69, 9.17) is 5.84 Å². The van der Waals surface area contributed by atoms with E-state index in [-0.39, 0.29) is 0 Å². The van der Waals surface area contributed by atoms with E-state index in [1.54, 1.807) is 5.01 Å². The molecule has 0 aliphatic carbocycles. The van der Waals surface area contributed by atoms with Gasteiger partial charge in [-0.05, 0) is 26.7 Å². The molecule has 0 radical (unpaired) electrons. The molecule has 0 aromatic rings. The highest BCUT2D eigenvalue weighted by atomic mass is 15.4. The van der Waals surface area contributed by atoms with Gasteiger partial charge in [-0.2, -0.15) is 0 Å². The van der Waals surface area contributed by atoms with Crippen molar-refractivity contribution in [3.63, 3.8) is 0 Å². The molecule has 3 nitrogen and oxygen atoms in total. The van der Waals surface area contributed by atoms with Gasteiger partial charge in [-0.1, -0.05) is 13.8 Å². The summed E-state index contributed by atoms with van der Waals surface area (Å²) in [6.45, 7) is 11.5. The van der Waals surface area contributed by atoms with Crippen molar-refractivity contribution in [1.82, 2.24) is 10.3 Å².